The van der Waals surface area contributed by atoms with Gasteiger partial charge in [0, 0.05) is 0 Å². The number of fused-ring (bicyclic) bond motifs is 2. The number of anilines is 2. The summed E-state index contributed by atoms with van der Waals surface area (Å²) in [6, 6.07) is 0. The minimum Gasteiger partial charge on any atom is -0.463 e. The molecular weight excluding hydrogens is 945 g/mol. The fraction of sp³-hybridized carbons (Fsp3) is 0.625. The third-order valence-electron chi connectivity index (χ3n) is 9.03. The first-order chi connectivity index (χ1) is 29.8. The molecule has 2 fully saturated rings. The van der Waals surface area contributed by atoms with Gasteiger partial charge in [0.05, 0.1) is 39.1 Å². The molecule has 12 N–H and O–H groups in total. The SMILES string of the molecule is CC(C)COC(=O)[C@@H](OC[C@H]1O[C@@H](n2cnc3c(N)nc(Cl)nc32)[C@H](O)[C@@H]1O)P(=O)(O)O.CC(C)COC(=O)[C@H](OC[C@H]1O[C@@H](n2cnc3c(N)nc(Cl)nc32)[C@H](O)[C@@H]1O)P(=O)(O)O. The van der Waals surface area contributed by atoms with Gasteiger partial charge in [-0.25, -0.2) is 19.6 Å². The number of carbonyl (C=O) groups is 2. The van der Waals surface area contributed by atoms with Crippen molar-refractivity contribution in [2.45, 2.75) is 88.5 Å². The second kappa shape index (κ2) is 20.8. The molecule has 32 heteroatoms. The lowest BCUT2D eigenvalue weighted by molar-refractivity contribution is -0.157. The smallest absolute Gasteiger partial charge is 0.365 e. The third-order valence-corrected chi connectivity index (χ3v) is 11.3. The van der Waals surface area contributed by atoms with Gasteiger partial charge >= 0.3 is 27.1 Å². The Labute approximate surface area is 371 Å². The topological polar surface area (TPSA) is 425 Å². The predicted molar refractivity (Wildman–Crippen MR) is 217 cm³/mol. The van der Waals surface area contributed by atoms with Crippen molar-refractivity contribution in [1.82, 2.24) is 39.0 Å². The number of nitrogen functional groups attached to an aromatic ring is 2. The van der Waals surface area contributed by atoms with Crippen LogP contribution in [0.15, 0.2) is 12.7 Å². The van der Waals surface area contributed by atoms with E-state index >= 15 is 0 Å². The number of nitrogens with two attached hydrogens (primary N) is 2. The Morgan fingerprint density at radius 2 is 1.02 bits per heavy atom. The van der Waals surface area contributed by atoms with E-state index in [1.54, 1.807) is 27.7 Å². The molecule has 0 unspecified atom stereocenters. The Morgan fingerprint density at radius 3 is 1.33 bits per heavy atom. The average molecular weight is 992 g/mol. The van der Waals surface area contributed by atoms with Gasteiger partial charge in [-0.2, -0.15) is 19.9 Å². The molecule has 0 aliphatic carbocycles. The lowest BCUT2D eigenvalue weighted by atomic mass is 10.1. The molecule has 2 aliphatic heterocycles. The number of hydrogen-bond acceptors (Lipinski definition) is 22. The Morgan fingerprint density at radius 1 is 0.672 bits per heavy atom. The van der Waals surface area contributed by atoms with Gasteiger partial charge < -0.3 is 79.9 Å². The molecule has 0 bridgehead atoms. The summed E-state index contributed by atoms with van der Waals surface area (Å²) >= 11 is 11.6. The lowest BCUT2D eigenvalue weighted by Gasteiger charge is -2.21. The minimum atomic E-state index is -5.05. The molecule has 4 aromatic heterocycles. The van der Waals surface area contributed by atoms with Gasteiger partial charge in [-0.15, -0.1) is 0 Å². The zero-order valence-electron chi connectivity index (χ0n) is 34.0. The normalized spacial score (nSPS) is 24.9. The van der Waals surface area contributed by atoms with E-state index in [1.165, 1.54) is 21.8 Å². The molecule has 6 heterocycles. The molecule has 0 spiro atoms. The van der Waals surface area contributed by atoms with Crippen LogP contribution in [0.5, 0.6) is 0 Å². The van der Waals surface area contributed by atoms with E-state index in [1.807, 2.05) is 0 Å². The van der Waals surface area contributed by atoms with Gasteiger partial charge in [-0.1, -0.05) is 27.7 Å². The van der Waals surface area contributed by atoms with Crippen molar-refractivity contribution in [3.8, 4) is 0 Å². The molecule has 0 aromatic carbocycles. The summed E-state index contributed by atoms with van der Waals surface area (Å²) in [6.45, 7) is 5.59. The molecule has 356 valence electrons. The van der Waals surface area contributed by atoms with Crippen LogP contribution >= 0.6 is 38.4 Å². The Kier molecular flexibility index (Phi) is 16.6. The van der Waals surface area contributed by atoms with Gasteiger partial charge in [0.25, 0.3) is 11.7 Å². The van der Waals surface area contributed by atoms with Gasteiger partial charge in [0.15, 0.2) is 35.4 Å². The number of esters is 2. The van der Waals surface area contributed by atoms with E-state index < -0.39 is 101 Å². The molecular formula is C32H46Cl2N10O18P2. The van der Waals surface area contributed by atoms with Crippen LogP contribution in [0.3, 0.4) is 0 Å². The Hall–Kier alpha value is -3.80. The van der Waals surface area contributed by atoms with Crippen LogP contribution in [0.4, 0.5) is 11.6 Å². The van der Waals surface area contributed by atoms with Crippen molar-refractivity contribution in [1.29, 1.82) is 0 Å². The quantitative estimate of drug-likeness (QED) is 0.0358. The molecule has 0 amide bonds. The fourth-order valence-corrected chi connectivity index (χ4v) is 7.61. The van der Waals surface area contributed by atoms with Gasteiger partial charge in [-0.05, 0) is 35.0 Å². The van der Waals surface area contributed by atoms with Gasteiger partial charge in [0.2, 0.25) is 10.6 Å². The number of imidazole rings is 2. The average Bonchev–Trinajstić information content (AvgIpc) is 3.94. The summed E-state index contributed by atoms with van der Waals surface area (Å²) in [5.41, 5.74) is 12.1. The fourth-order valence-electron chi connectivity index (χ4n) is 6.00. The molecule has 2 saturated heterocycles. The molecule has 0 radical (unpaired) electrons. The van der Waals surface area contributed by atoms with Crippen molar-refractivity contribution in [3.63, 3.8) is 0 Å². The van der Waals surface area contributed by atoms with E-state index in [2.05, 4.69) is 29.9 Å². The van der Waals surface area contributed by atoms with Crippen LogP contribution < -0.4 is 11.5 Å². The second-order valence-electron chi connectivity index (χ2n) is 15.1. The maximum absolute atomic E-state index is 12.1. The zero-order chi connectivity index (χ0) is 47.6. The van der Waals surface area contributed by atoms with Gasteiger partial charge in [-0.3, -0.25) is 18.3 Å². The summed E-state index contributed by atoms with van der Waals surface area (Å²) in [6.07, 6.45) is -8.51. The number of aromatic nitrogens is 8. The van der Waals surface area contributed by atoms with Crippen molar-refractivity contribution in [2.24, 2.45) is 11.8 Å². The summed E-state index contributed by atoms with van der Waals surface area (Å²) in [5.74, 6) is -7.07. The first kappa shape index (κ1) is 51.2. The zero-order valence-corrected chi connectivity index (χ0v) is 37.3. The maximum Gasteiger partial charge on any atom is 0.365 e. The molecule has 10 atom stereocenters. The predicted octanol–water partition coefficient (Wildman–Crippen LogP) is -1.20. The summed E-state index contributed by atoms with van der Waals surface area (Å²) < 4.78 is 57.0. The number of aliphatic hydroxyl groups excluding tert-OH is 4. The van der Waals surface area contributed by atoms with Crippen LogP contribution in [-0.4, -0.2) is 166 Å². The highest BCUT2D eigenvalue weighted by Crippen LogP contribution is 2.44. The molecule has 2 aliphatic rings. The summed E-state index contributed by atoms with van der Waals surface area (Å²) in [7, 11) is -10.1. The number of hydrogen-bond donors (Lipinski definition) is 10. The first-order valence-electron chi connectivity index (χ1n) is 18.8. The van der Waals surface area contributed by atoms with E-state index in [0.717, 1.165) is 0 Å². The first-order valence-corrected chi connectivity index (χ1v) is 22.9. The summed E-state index contributed by atoms with van der Waals surface area (Å²) in [4.78, 5) is 85.6. The number of carbonyl (C=O) groups excluding carboxylic acids is 2. The molecule has 64 heavy (non-hydrogen) atoms. The van der Waals surface area contributed by atoms with Crippen LogP contribution in [0.1, 0.15) is 40.2 Å². The number of nitrogens with zero attached hydrogens (tertiary/aromatic N) is 8. The van der Waals surface area contributed by atoms with Crippen molar-refractivity contribution < 1.29 is 87.1 Å². The monoisotopic (exact) mass is 990 g/mol. The van der Waals surface area contributed by atoms with Crippen molar-refractivity contribution >= 4 is 84.3 Å². The molecule has 28 nitrogen and oxygen atoms in total. The highest BCUT2D eigenvalue weighted by Gasteiger charge is 2.48. The van der Waals surface area contributed by atoms with E-state index in [0.29, 0.717) is 0 Å². The summed E-state index contributed by atoms with van der Waals surface area (Å²) in [5, 5.41) is 41.3. The molecule has 0 saturated carbocycles. The van der Waals surface area contributed by atoms with Crippen molar-refractivity contribution in [3.05, 3.63) is 23.2 Å². The standard InChI is InChI=1S/2C16H23ClN5O9P/c2*1-6(2)3-29-14(25)15(32(26,27)28)30-4-7-9(23)10(24)13(31-7)22-5-19-8-11(18)20-16(17)21-12(8)22/h2*5-7,9-10,13,15,23-24H,3-4H2,1-2H3,(H2,18,20,21)(H2,26,27,28)/t7-,9-,10-,13-,15+;7-,9-,10-,13-,15-/m11/s1. The maximum atomic E-state index is 12.1. The number of rotatable bonds is 16. The van der Waals surface area contributed by atoms with Gasteiger partial charge in [0.1, 0.15) is 47.7 Å². The molecule has 4 aromatic rings. The van der Waals surface area contributed by atoms with Crippen LogP contribution in [0.25, 0.3) is 22.3 Å². The number of halogens is 2. The van der Waals surface area contributed by atoms with Crippen LogP contribution in [0.2, 0.25) is 10.6 Å². The van der Waals surface area contributed by atoms with E-state index in [-0.39, 0.29) is 69.6 Å². The van der Waals surface area contributed by atoms with Crippen LogP contribution in [-0.2, 0) is 47.1 Å². The highest BCUT2D eigenvalue weighted by molar-refractivity contribution is 7.53. The largest absolute Gasteiger partial charge is 0.463 e. The highest BCUT2D eigenvalue weighted by atomic mass is 35.5. The number of ether oxygens (including phenoxy) is 6. The Balaban J connectivity index is 0.000000241. The van der Waals surface area contributed by atoms with Crippen LogP contribution in [0, 0.1) is 11.8 Å². The minimum absolute atomic E-state index is 0.00364. The molecule has 6 rings (SSSR count). The van der Waals surface area contributed by atoms with Crippen molar-refractivity contribution in [2.75, 3.05) is 37.9 Å². The Bertz CT molecular complexity index is 2220. The second-order valence-corrected chi connectivity index (χ2v) is 19.1. The van der Waals surface area contributed by atoms with E-state index in [4.69, 9.17) is 63.1 Å². The third kappa shape index (κ3) is 12.0. The lowest BCUT2D eigenvalue weighted by Crippen LogP contribution is -2.36. The van der Waals surface area contributed by atoms with E-state index in [9.17, 15) is 58.7 Å². The number of aliphatic hydroxyl groups is 4.